The first-order valence-corrected chi connectivity index (χ1v) is 9.65. The first kappa shape index (κ1) is 17.8. The number of ether oxygens (including phenoxy) is 1. The third-order valence-corrected chi connectivity index (χ3v) is 5.89. The zero-order valence-electron chi connectivity index (χ0n) is 15.6. The van der Waals surface area contributed by atoms with Gasteiger partial charge in [-0.1, -0.05) is 30.3 Å². The maximum Gasteiger partial charge on any atom is 0.308 e. The lowest BCUT2D eigenvalue weighted by molar-refractivity contribution is -0.145. The molecule has 0 bridgehead atoms. The van der Waals surface area contributed by atoms with E-state index >= 15 is 0 Å². The Hall–Kier alpha value is -2.63. The molecule has 1 saturated carbocycles. The highest BCUT2D eigenvalue weighted by Crippen LogP contribution is 2.34. The number of hydrogen-bond donors (Lipinski definition) is 1. The molecule has 1 N–H and O–H groups in total. The van der Waals surface area contributed by atoms with Gasteiger partial charge in [0.1, 0.15) is 0 Å². The predicted octanol–water partition coefficient (Wildman–Crippen LogP) is 2.59. The summed E-state index contributed by atoms with van der Waals surface area (Å²) in [5, 5.41) is 7.69. The minimum absolute atomic E-state index is 0.0581. The second kappa shape index (κ2) is 7.55. The van der Waals surface area contributed by atoms with Gasteiger partial charge in [-0.2, -0.15) is 5.10 Å². The molecule has 1 aromatic carbocycles. The van der Waals surface area contributed by atoms with Crippen molar-refractivity contribution in [1.29, 1.82) is 0 Å². The SMILES string of the molecule is COC(=O)[C@@H]1CC[C@H](C(=O)N2CCc3[nH]nc(-c4ccccc4)c3CC2)C1. The summed E-state index contributed by atoms with van der Waals surface area (Å²) in [6.07, 6.45) is 3.72. The number of fused-ring (bicyclic) bond motifs is 1. The second-order valence-electron chi connectivity index (χ2n) is 7.45. The fraction of sp³-hybridized carbons (Fsp3) is 0.476. The first-order valence-electron chi connectivity index (χ1n) is 9.65. The van der Waals surface area contributed by atoms with Gasteiger partial charge >= 0.3 is 5.97 Å². The molecular weight excluding hydrogens is 342 g/mol. The number of amides is 1. The Kier molecular flexibility index (Phi) is 4.97. The van der Waals surface area contributed by atoms with Crippen LogP contribution >= 0.6 is 0 Å². The van der Waals surface area contributed by atoms with Gasteiger partial charge in [0.25, 0.3) is 0 Å². The summed E-state index contributed by atoms with van der Waals surface area (Å²) in [5.74, 6) is -0.190. The fourth-order valence-corrected chi connectivity index (χ4v) is 4.38. The number of methoxy groups -OCH3 is 1. The van der Waals surface area contributed by atoms with Gasteiger partial charge in [0.2, 0.25) is 5.91 Å². The molecule has 6 nitrogen and oxygen atoms in total. The Morgan fingerprint density at radius 1 is 1.11 bits per heavy atom. The number of rotatable bonds is 3. The van der Waals surface area contributed by atoms with Crippen LogP contribution in [0.25, 0.3) is 11.3 Å². The van der Waals surface area contributed by atoms with Crippen molar-refractivity contribution in [2.45, 2.75) is 32.1 Å². The van der Waals surface area contributed by atoms with E-state index in [0.717, 1.165) is 42.6 Å². The van der Waals surface area contributed by atoms with Crippen molar-refractivity contribution in [2.75, 3.05) is 20.2 Å². The number of esters is 1. The summed E-state index contributed by atoms with van der Waals surface area (Å²) in [6.45, 7) is 1.40. The van der Waals surface area contributed by atoms with Gasteiger partial charge in [-0.3, -0.25) is 14.7 Å². The zero-order valence-corrected chi connectivity index (χ0v) is 15.6. The van der Waals surface area contributed by atoms with E-state index in [-0.39, 0.29) is 23.7 Å². The maximum absolute atomic E-state index is 13.0. The predicted molar refractivity (Wildman–Crippen MR) is 101 cm³/mol. The molecule has 1 aromatic heterocycles. The Labute approximate surface area is 158 Å². The van der Waals surface area contributed by atoms with Crippen molar-refractivity contribution in [1.82, 2.24) is 15.1 Å². The van der Waals surface area contributed by atoms with E-state index in [0.29, 0.717) is 19.5 Å². The monoisotopic (exact) mass is 367 g/mol. The van der Waals surface area contributed by atoms with Crippen LogP contribution in [0.1, 0.15) is 30.5 Å². The average Bonchev–Trinajstić information content (AvgIpc) is 3.30. The van der Waals surface area contributed by atoms with Crippen LogP contribution in [0.15, 0.2) is 30.3 Å². The lowest BCUT2D eigenvalue weighted by Crippen LogP contribution is -2.37. The lowest BCUT2D eigenvalue weighted by Gasteiger charge is -2.24. The maximum atomic E-state index is 13.0. The Balaban J connectivity index is 1.44. The largest absolute Gasteiger partial charge is 0.469 e. The van der Waals surface area contributed by atoms with E-state index < -0.39 is 0 Å². The quantitative estimate of drug-likeness (QED) is 0.846. The Bertz CT molecular complexity index is 830. The third-order valence-electron chi connectivity index (χ3n) is 5.89. The Morgan fingerprint density at radius 2 is 1.85 bits per heavy atom. The summed E-state index contributed by atoms with van der Waals surface area (Å²) in [5.41, 5.74) is 4.44. The number of nitrogens with zero attached hydrogens (tertiary/aromatic N) is 2. The van der Waals surface area contributed by atoms with Crippen LogP contribution in [0.2, 0.25) is 0 Å². The lowest BCUT2D eigenvalue weighted by atomic mass is 10.0. The normalized spacial score (nSPS) is 22.2. The van der Waals surface area contributed by atoms with Crippen molar-refractivity contribution < 1.29 is 14.3 Å². The number of H-pyrrole nitrogens is 1. The van der Waals surface area contributed by atoms with Gasteiger partial charge in [-0.15, -0.1) is 0 Å². The van der Waals surface area contributed by atoms with Crippen molar-refractivity contribution in [3.05, 3.63) is 41.6 Å². The molecule has 27 heavy (non-hydrogen) atoms. The van der Waals surface area contributed by atoms with E-state index in [1.807, 2.05) is 23.1 Å². The average molecular weight is 367 g/mol. The molecule has 1 aliphatic heterocycles. The zero-order chi connectivity index (χ0) is 18.8. The molecule has 2 heterocycles. The standard InChI is InChI=1S/C21H25N3O3/c1-27-21(26)16-8-7-15(13-16)20(25)24-11-9-17-18(10-12-24)22-23-19(17)14-5-3-2-4-6-14/h2-6,15-16H,7-13H2,1H3,(H,22,23)/t15-,16+/m0/s1. The summed E-state index contributed by atoms with van der Waals surface area (Å²) in [4.78, 5) is 26.7. The molecule has 0 radical (unpaired) electrons. The summed E-state index contributed by atoms with van der Waals surface area (Å²) >= 11 is 0. The molecule has 4 rings (SSSR count). The fourth-order valence-electron chi connectivity index (χ4n) is 4.38. The van der Waals surface area contributed by atoms with Crippen LogP contribution in [0.3, 0.4) is 0 Å². The molecule has 1 fully saturated rings. The number of benzene rings is 1. The van der Waals surface area contributed by atoms with Crippen LogP contribution in [0.5, 0.6) is 0 Å². The highest BCUT2D eigenvalue weighted by Gasteiger charge is 2.37. The minimum atomic E-state index is -0.185. The van der Waals surface area contributed by atoms with Crippen molar-refractivity contribution >= 4 is 11.9 Å². The number of carbonyl (C=O) groups excluding carboxylic acids is 2. The number of aromatic amines is 1. The smallest absolute Gasteiger partial charge is 0.308 e. The highest BCUT2D eigenvalue weighted by atomic mass is 16.5. The molecule has 1 aliphatic carbocycles. The summed E-state index contributed by atoms with van der Waals surface area (Å²) in [6, 6.07) is 10.2. The van der Waals surface area contributed by atoms with Crippen molar-refractivity contribution in [3.8, 4) is 11.3 Å². The third kappa shape index (κ3) is 3.48. The van der Waals surface area contributed by atoms with E-state index in [1.54, 1.807) is 0 Å². The minimum Gasteiger partial charge on any atom is -0.469 e. The van der Waals surface area contributed by atoms with E-state index in [2.05, 4.69) is 22.3 Å². The van der Waals surface area contributed by atoms with Crippen LogP contribution in [0.4, 0.5) is 0 Å². The van der Waals surface area contributed by atoms with Gasteiger partial charge in [0.15, 0.2) is 0 Å². The van der Waals surface area contributed by atoms with Gasteiger partial charge in [-0.25, -0.2) is 0 Å². The van der Waals surface area contributed by atoms with Crippen LogP contribution in [0, 0.1) is 11.8 Å². The van der Waals surface area contributed by atoms with Gasteiger partial charge in [0, 0.05) is 42.2 Å². The Morgan fingerprint density at radius 3 is 2.63 bits per heavy atom. The van der Waals surface area contributed by atoms with E-state index in [4.69, 9.17) is 4.74 Å². The van der Waals surface area contributed by atoms with Crippen molar-refractivity contribution in [2.24, 2.45) is 11.8 Å². The molecule has 1 amide bonds. The highest BCUT2D eigenvalue weighted by molar-refractivity contribution is 5.81. The topological polar surface area (TPSA) is 75.3 Å². The van der Waals surface area contributed by atoms with Crippen LogP contribution < -0.4 is 0 Å². The molecule has 0 spiro atoms. The molecule has 0 saturated heterocycles. The number of nitrogens with one attached hydrogen (secondary N) is 1. The van der Waals surface area contributed by atoms with E-state index in [9.17, 15) is 9.59 Å². The van der Waals surface area contributed by atoms with Crippen molar-refractivity contribution in [3.63, 3.8) is 0 Å². The molecule has 0 unspecified atom stereocenters. The van der Waals surface area contributed by atoms with Gasteiger partial charge in [0.05, 0.1) is 18.7 Å². The molecule has 142 valence electrons. The molecule has 2 aromatic rings. The van der Waals surface area contributed by atoms with Gasteiger partial charge in [-0.05, 0) is 25.7 Å². The number of carbonyl (C=O) groups is 2. The van der Waals surface area contributed by atoms with Crippen LogP contribution in [-0.4, -0.2) is 47.2 Å². The van der Waals surface area contributed by atoms with E-state index in [1.165, 1.54) is 12.7 Å². The molecule has 2 atom stereocenters. The number of aromatic nitrogens is 2. The number of hydrogen-bond acceptors (Lipinski definition) is 4. The summed E-state index contributed by atoms with van der Waals surface area (Å²) < 4.78 is 4.84. The summed E-state index contributed by atoms with van der Waals surface area (Å²) in [7, 11) is 1.42. The second-order valence-corrected chi connectivity index (χ2v) is 7.45. The molecule has 6 heteroatoms. The van der Waals surface area contributed by atoms with Gasteiger partial charge < -0.3 is 9.64 Å². The molecule has 2 aliphatic rings. The first-order chi connectivity index (χ1) is 13.2. The molecular formula is C21H25N3O3. The van der Waals surface area contributed by atoms with Crippen LogP contribution in [-0.2, 0) is 27.2 Å².